The van der Waals surface area contributed by atoms with Crippen molar-refractivity contribution in [2.24, 2.45) is 5.73 Å². The molecular weight excluding hydrogens is 240 g/mol. The summed E-state index contributed by atoms with van der Waals surface area (Å²) in [5.74, 6) is -0.325. The van der Waals surface area contributed by atoms with Crippen LogP contribution in [0.2, 0.25) is 0 Å². The van der Waals surface area contributed by atoms with Gasteiger partial charge in [-0.1, -0.05) is 12.1 Å². The number of anilines is 1. The van der Waals surface area contributed by atoms with Crippen LogP contribution in [0.1, 0.15) is 5.56 Å². The second-order valence-corrected chi connectivity index (χ2v) is 5.03. The van der Waals surface area contributed by atoms with Crippen molar-refractivity contribution in [3.8, 4) is 0 Å². The summed E-state index contributed by atoms with van der Waals surface area (Å²) in [7, 11) is 2.16. The first kappa shape index (κ1) is 13.8. The number of rotatable bonds is 5. The maximum Gasteiger partial charge on any atom is 0.231 e. The number of benzene rings is 1. The number of carbonyl (C=O) groups is 1. The summed E-state index contributed by atoms with van der Waals surface area (Å²) < 4.78 is 0. The van der Waals surface area contributed by atoms with Crippen LogP contribution in [-0.4, -0.2) is 50.6 Å². The van der Waals surface area contributed by atoms with E-state index in [1.54, 1.807) is 0 Å². The topological polar surface area (TPSA) is 61.6 Å². The molecule has 1 aliphatic heterocycles. The maximum atomic E-state index is 10.6. The summed E-state index contributed by atoms with van der Waals surface area (Å²) in [6.45, 7) is 5.28. The molecule has 0 unspecified atom stereocenters. The molecule has 1 amide bonds. The van der Waals surface area contributed by atoms with Gasteiger partial charge in [-0.15, -0.1) is 0 Å². The molecule has 1 fully saturated rings. The van der Waals surface area contributed by atoms with Crippen LogP contribution in [-0.2, 0) is 11.3 Å². The van der Waals surface area contributed by atoms with Crippen molar-refractivity contribution in [3.05, 3.63) is 29.8 Å². The minimum Gasteiger partial charge on any atom is -0.369 e. The van der Waals surface area contributed by atoms with Crippen LogP contribution >= 0.6 is 0 Å². The van der Waals surface area contributed by atoms with Gasteiger partial charge >= 0.3 is 0 Å². The van der Waals surface area contributed by atoms with Crippen molar-refractivity contribution in [3.63, 3.8) is 0 Å². The molecule has 19 heavy (non-hydrogen) atoms. The molecule has 0 saturated carbocycles. The molecule has 1 heterocycles. The zero-order chi connectivity index (χ0) is 13.7. The van der Waals surface area contributed by atoms with Gasteiger partial charge < -0.3 is 20.9 Å². The minimum absolute atomic E-state index is 0.222. The fraction of sp³-hybridized carbons (Fsp3) is 0.500. The quantitative estimate of drug-likeness (QED) is 0.785. The highest BCUT2D eigenvalue weighted by Crippen LogP contribution is 2.16. The molecule has 1 aliphatic rings. The standard InChI is InChI=1S/C14H22N4O/c1-17-6-8-18(9-7-17)13-4-2-12(3-5-13)10-16-11-14(15)19/h2-5,16H,6-11H2,1H3,(H2,15,19). The maximum absolute atomic E-state index is 10.6. The van der Waals surface area contributed by atoms with Gasteiger partial charge in [0.1, 0.15) is 0 Å². The summed E-state index contributed by atoms with van der Waals surface area (Å²) in [4.78, 5) is 15.4. The Morgan fingerprint density at radius 2 is 1.84 bits per heavy atom. The summed E-state index contributed by atoms with van der Waals surface area (Å²) in [6.07, 6.45) is 0. The lowest BCUT2D eigenvalue weighted by Gasteiger charge is -2.34. The van der Waals surface area contributed by atoms with Gasteiger partial charge in [0, 0.05) is 38.4 Å². The Labute approximate surface area is 114 Å². The number of carbonyl (C=O) groups excluding carboxylic acids is 1. The molecule has 0 aliphatic carbocycles. The molecule has 2 rings (SSSR count). The molecule has 1 aromatic rings. The molecule has 0 aromatic heterocycles. The van der Waals surface area contributed by atoms with Crippen molar-refractivity contribution in [2.45, 2.75) is 6.54 Å². The Morgan fingerprint density at radius 3 is 2.42 bits per heavy atom. The fourth-order valence-corrected chi connectivity index (χ4v) is 2.22. The predicted octanol–water partition coefficient (Wildman–Crippen LogP) is 0.0133. The highest BCUT2D eigenvalue weighted by atomic mass is 16.1. The van der Waals surface area contributed by atoms with E-state index in [0.717, 1.165) is 26.2 Å². The lowest BCUT2D eigenvalue weighted by atomic mass is 10.2. The van der Waals surface area contributed by atoms with E-state index in [9.17, 15) is 4.79 Å². The van der Waals surface area contributed by atoms with Crippen LogP contribution in [0.5, 0.6) is 0 Å². The molecule has 1 saturated heterocycles. The lowest BCUT2D eigenvalue weighted by Crippen LogP contribution is -2.44. The van der Waals surface area contributed by atoms with Gasteiger partial charge in [-0.3, -0.25) is 4.79 Å². The van der Waals surface area contributed by atoms with Gasteiger partial charge in [-0.25, -0.2) is 0 Å². The average molecular weight is 262 g/mol. The van der Waals surface area contributed by atoms with E-state index in [1.807, 2.05) is 0 Å². The summed E-state index contributed by atoms with van der Waals surface area (Å²) in [6, 6.07) is 8.49. The first-order chi connectivity index (χ1) is 9.15. The van der Waals surface area contributed by atoms with Crippen LogP contribution in [0.25, 0.3) is 0 Å². The Balaban J connectivity index is 1.85. The second kappa shape index (κ2) is 6.54. The normalized spacial score (nSPS) is 16.6. The number of hydrogen-bond donors (Lipinski definition) is 2. The number of nitrogens with one attached hydrogen (secondary N) is 1. The fourth-order valence-electron chi connectivity index (χ4n) is 2.22. The van der Waals surface area contributed by atoms with E-state index in [1.165, 1.54) is 11.3 Å². The van der Waals surface area contributed by atoms with E-state index in [0.29, 0.717) is 6.54 Å². The average Bonchev–Trinajstić information content (AvgIpc) is 2.40. The molecule has 5 heteroatoms. The Morgan fingerprint density at radius 1 is 1.21 bits per heavy atom. The highest BCUT2D eigenvalue weighted by molar-refractivity contribution is 5.75. The molecule has 104 valence electrons. The van der Waals surface area contributed by atoms with E-state index in [4.69, 9.17) is 5.73 Å². The summed E-state index contributed by atoms with van der Waals surface area (Å²) in [5, 5.41) is 3.01. The molecule has 0 spiro atoms. The van der Waals surface area contributed by atoms with Crippen LogP contribution < -0.4 is 16.0 Å². The van der Waals surface area contributed by atoms with Crippen molar-refractivity contribution in [2.75, 3.05) is 44.7 Å². The first-order valence-electron chi connectivity index (χ1n) is 6.66. The van der Waals surface area contributed by atoms with Gasteiger partial charge in [-0.05, 0) is 24.7 Å². The molecule has 0 radical (unpaired) electrons. The van der Waals surface area contributed by atoms with Gasteiger partial charge in [-0.2, -0.15) is 0 Å². The Hall–Kier alpha value is -1.59. The molecule has 1 aromatic carbocycles. The Kier molecular flexibility index (Phi) is 4.76. The van der Waals surface area contributed by atoms with Crippen LogP contribution in [0, 0.1) is 0 Å². The molecule has 0 bridgehead atoms. The van der Waals surface area contributed by atoms with E-state index in [-0.39, 0.29) is 12.5 Å². The van der Waals surface area contributed by atoms with Gasteiger partial charge in [0.15, 0.2) is 0 Å². The number of nitrogens with zero attached hydrogens (tertiary/aromatic N) is 2. The third-order valence-corrected chi connectivity index (χ3v) is 3.43. The molecule has 0 atom stereocenters. The molecule has 5 nitrogen and oxygen atoms in total. The minimum atomic E-state index is -0.325. The molecule has 3 N–H and O–H groups in total. The number of hydrogen-bond acceptors (Lipinski definition) is 4. The van der Waals surface area contributed by atoms with E-state index < -0.39 is 0 Å². The van der Waals surface area contributed by atoms with Crippen LogP contribution in [0.3, 0.4) is 0 Å². The largest absolute Gasteiger partial charge is 0.369 e. The monoisotopic (exact) mass is 262 g/mol. The number of piperazine rings is 1. The number of nitrogens with two attached hydrogens (primary N) is 1. The van der Waals surface area contributed by atoms with Gasteiger partial charge in [0.05, 0.1) is 6.54 Å². The third kappa shape index (κ3) is 4.22. The van der Waals surface area contributed by atoms with Crippen molar-refractivity contribution in [1.29, 1.82) is 0 Å². The van der Waals surface area contributed by atoms with E-state index in [2.05, 4.69) is 46.4 Å². The van der Waals surface area contributed by atoms with Crippen molar-refractivity contribution < 1.29 is 4.79 Å². The SMILES string of the molecule is CN1CCN(c2ccc(CNCC(N)=O)cc2)CC1. The number of amides is 1. The van der Waals surface area contributed by atoms with Gasteiger partial charge in [0.25, 0.3) is 0 Å². The zero-order valence-corrected chi connectivity index (χ0v) is 11.4. The van der Waals surface area contributed by atoms with Crippen LogP contribution in [0.4, 0.5) is 5.69 Å². The smallest absolute Gasteiger partial charge is 0.231 e. The predicted molar refractivity (Wildman–Crippen MR) is 77.1 cm³/mol. The Bertz CT molecular complexity index is 410. The first-order valence-corrected chi connectivity index (χ1v) is 6.66. The number of likely N-dealkylation sites (N-methyl/N-ethyl adjacent to an activating group) is 1. The van der Waals surface area contributed by atoms with E-state index >= 15 is 0 Å². The van der Waals surface area contributed by atoms with Gasteiger partial charge in [0.2, 0.25) is 5.91 Å². The number of primary amides is 1. The second-order valence-electron chi connectivity index (χ2n) is 5.03. The lowest BCUT2D eigenvalue weighted by molar-refractivity contribution is -0.117. The zero-order valence-electron chi connectivity index (χ0n) is 11.4. The summed E-state index contributed by atoms with van der Waals surface area (Å²) >= 11 is 0. The third-order valence-electron chi connectivity index (χ3n) is 3.43. The summed E-state index contributed by atoms with van der Waals surface area (Å²) in [5.41, 5.74) is 7.51. The van der Waals surface area contributed by atoms with Crippen LogP contribution in [0.15, 0.2) is 24.3 Å². The molecular formula is C14H22N4O. The highest BCUT2D eigenvalue weighted by Gasteiger charge is 2.13. The van der Waals surface area contributed by atoms with Crippen molar-refractivity contribution >= 4 is 11.6 Å². The van der Waals surface area contributed by atoms with Crippen molar-refractivity contribution in [1.82, 2.24) is 10.2 Å².